The lowest BCUT2D eigenvalue weighted by Crippen LogP contribution is -2.20. The molecule has 0 spiro atoms. The summed E-state index contributed by atoms with van der Waals surface area (Å²) in [5.74, 6) is 0.251. The van der Waals surface area contributed by atoms with E-state index < -0.39 is 6.10 Å². The largest absolute Gasteiger partial charge is 0.491 e. The van der Waals surface area contributed by atoms with Gasteiger partial charge < -0.3 is 14.8 Å². The zero-order valence-corrected chi connectivity index (χ0v) is 9.27. The Morgan fingerprint density at radius 1 is 1.24 bits per heavy atom. The Balaban J connectivity index is 1.79. The summed E-state index contributed by atoms with van der Waals surface area (Å²) in [6.07, 6.45) is 1.73. The van der Waals surface area contributed by atoms with Crippen LogP contribution in [-0.2, 0) is 6.42 Å². The Hall–Kier alpha value is -1.81. The molecule has 0 saturated heterocycles. The highest BCUT2D eigenvalue weighted by atomic mass is 19.1. The number of benzene rings is 1. The Labute approximate surface area is 98.9 Å². The number of ether oxygens (including phenoxy) is 1. The highest BCUT2D eigenvalue weighted by Gasteiger charge is 2.07. The number of hydrogen-bond acceptors (Lipinski definition) is 2. The first-order chi connectivity index (χ1) is 8.24. The lowest BCUT2D eigenvalue weighted by Gasteiger charge is -2.11. The van der Waals surface area contributed by atoms with E-state index in [1.807, 2.05) is 18.3 Å². The first kappa shape index (κ1) is 11.7. The summed E-state index contributed by atoms with van der Waals surface area (Å²) in [6, 6.07) is 9.51. The number of nitrogens with one attached hydrogen (secondary N) is 1. The molecule has 0 aliphatic carbocycles. The predicted octanol–water partition coefficient (Wildman–Crippen LogP) is 2.14. The van der Waals surface area contributed by atoms with Crippen molar-refractivity contribution in [2.24, 2.45) is 0 Å². The normalized spacial score (nSPS) is 12.4. The maximum atomic E-state index is 12.6. The molecular formula is C13H14FNO2. The molecule has 1 aromatic heterocycles. The van der Waals surface area contributed by atoms with Gasteiger partial charge in [-0.15, -0.1) is 0 Å². The maximum absolute atomic E-state index is 12.6. The first-order valence-electron chi connectivity index (χ1n) is 5.43. The van der Waals surface area contributed by atoms with E-state index in [0.29, 0.717) is 12.2 Å². The fraction of sp³-hybridized carbons (Fsp3) is 0.231. The number of rotatable bonds is 5. The maximum Gasteiger partial charge on any atom is 0.123 e. The van der Waals surface area contributed by atoms with Crippen molar-refractivity contribution in [3.05, 3.63) is 54.1 Å². The van der Waals surface area contributed by atoms with Crippen molar-refractivity contribution in [3.63, 3.8) is 0 Å². The minimum atomic E-state index is -0.585. The van der Waals surface area contributed by atoms with Gasteiger partial charge in [-0.25, -0.2) is 4.39 Å². The monoisotopic (exact) mass is 235 g/mol. The number of H-pyrrole nitrogens is 1. The van der Waals surface area contributed by atoms with Crippen LogP contribution in [0.4, 0.5) is 4.39 Å². The molecule has 0 bridgehead atoms. The van der Waals surface area contributed by atoms with Gasteiger partial charge in [0.05, 0.1) is 6.10 Å². The fourth-order valence-corrected chi connectivity index (χ4v) is 1.53. The Morgan fingerprint density at radius 3 is 2.65 bits per heavy atom. The van der Waals surface area contributed by atoms with Gasteiger partial charge in [-0.2, -0.15) is 0 Å². The zero-order valence-electron chi connectivity index (χ0n) is 9.27. The van der Waals surface area contributed by atoms with Crippen molar-refractivity contribution in [3.8, 4) is 5.75 Å². The van der Waals surface area contributed by atoms with Crippen molar-refractivity contribution in [1.82, 2.24) is 4.98 Å². The van der Waals surface area contributed by atoms with Crippen molar-refractivity contribution in [1.29, 1.82) is 0 Å². The van der Waals surface area contributed by atoms with Crippen LogP contribution in [0.5, 0.6) is 5.75 Å². The molecule has 0 saturated carbocycles. The van der Waals surface area contributed by atoms with Crippen LogP contribution < -0.4 is 4.74 Å². The molecule has 17 heavy (non-hydrogen) atoms. The fourth-order valence-electron chi connectivity index (χ4n) is 1.53. The van der Waals surface area contributed by atoms with E-state index in [4.69, 9.17) is 4.74 Å². The van der Waals surface area contributed by atoms with Gasteiger partial charge in [-0.05, 0) is 36.4 Å². The molecule has 0 aliphatic rings. The first-order valence-corrected chi connectivity index (χ1v) is 5.43. The van der Waals surface area contributed by atoms with E-state index in [9.17, 15) is 9.50 Å². The lowest BCUT2D eigenvalue weighted by atomic mass is 10.2. The Bertz CT molecular complexity index is 439. The quantitative estimate of drug-likeness (QED) is 0.834. The second-order valence-corrected chi connectivity index (χ2v) is 3.82. The van der Waals surface area contributed by atoms with E-state index in [0.717, 1.165) is 5.69 Å². The highest BCUT2D eigenvalue weighted by molar-refractivity contribution is 5.22. The summed E-state index contributed by atoms with van der Waals surface area (Å²) in [5, 5.41) is 9.72. The van der Waals surface area contributed by atoms with Crippen LogP contribution >= 0.6 is 0 Å². The Kier molecular flexibility index (Phi) is 3.77. The average Bonchev–Trinajstić information content (AvgIpc) is 2.81. The molecule has 0 fully saturated rings. The van der Waals surface area contributed by atoms with Gasteiger partial charge in [0.25, 0.3) is 0 Å². The van der Waals surface area contributed by atoms with Gasteiger partial charge in [-0.1, -0.05) is 0 Å². The molecule has 90 valence electrons. The topological polar surface area (TPSA) is 45.2 Å². The van der Waals surface area contributed by atoms with Crippen LogP contribution in [0, 0.1) is 5.82 Å². The van der Waals surface area contributed by atoms with Crippen LogP contribution in [-0.4, -0.2) is 22.8 Å². The number of halogens is 1. The number of aromatic amines is 1. The predicted molar refractivity (Wildman–Crippen MR) is 62.4 cm³/mol. The minimum Gasteiger partial charge on any atom is -0.491 e. The number of aromatic nitrogens is 1. The van der Waals surface area contributed by atoms with Crippen molar-refractivity contribution < 1.29 is 14.2 Å². The molecule has 1 aromatic carbocycles. The van der Waals surface area contributed by atoms with E-state index in [1.54, 1.807) is 0 Å². The van der Waals surface area contributed by atoms with Gasteiger partial charge >= 0.3 is 0 Å². The third-order valence-corrected chi connectivity index (χ3v) is 2.37. The van der Waals surface area contributed by atoms with Crippen LogP contribution in [0.3, 0.4) is 0 Å². The summed E-state index contributed by atoms with van der Waals surface area (Å²) >= 11 is 0. The Morgan fingerprint density at radius 2 is 2.00 bits per heavy atom. The molecule has 3 nitrogen and oxygen atoms in total. The second-order valence-electron chi connectivity index (χ2n) is 3.82. The summed E-state index contributed by atoms with van der Waals surface area (Å²) in [7, 11) is 0. The standard InChI is InChI=1S/C13H14FNO2/c14-10-3-5-13(6-4-10)17-9-12(16)8-11-2-1-7-15-11/h1-7,12,15-16H,8-9H2. The van der Waals surface area contributed by atoms with Crippen LogP contribution in [0.1, 0.15) is 5.69 Å². The SMILES string of the molecule is OC(COc1ccc(F)cc1)Cc1ccc[nH]1. The van der Waals surface area contributed by atoms with E-state index >= 15 is 0 Å². The highest BCUT2D eigenvalue weighted by Crippen LogP contribution is 2.11. The van der Waals surface area contributed by atoms with E-state index in [1.165, 1.54) is 24.3 Å². The van der Waals surface area contributed by atoms with Gasteiger partial charge in [0.2, 0.25) is 0 Å². The van der Waals surface area contributed by atoms with Gasteiger partial charge in [0, 0.05) is 18.3 Å². The van der Waals surface area contributed by atoms with E-state index in [2.05, 4.69) is 4.98 Å². The second kappa shape index (κ2) is 5.50. The minimum absolute atomic E-state index is 0.185. The molecular weight excluding hydrogens is 221 g/mol. The number of aliphatic hydroxyl groups is 1. The molecule has 1 atom stereocenters. The molecule has 2 N–H and O–H groups in total. The number of aliphatic hydroxyl groups excluding tert-OH is 1. The summed E-state index contributed by atoms with van der Waals surface area (Å²) < 4.78 is 18.0. The molecule has 1 heterocycles. The van der Waals surface area contributed by atoms with Gasteiger partial charge in [0.15, 0.2) is 0 Å². The average molecular weight is 235 g/mol. The zero-order chi connectivity index (χ0) is 12.1. The molecule has 4 heteroatoms. The molecule has 0 aliphatic heterocycles. The van der Waals surface area contributed by atoms with Gasteiger partial charge in [0.1, 0.15) is 18.2 Å². The van der Waals surface area contributed by atoms with Crippen molar-refractivity contribution in [2.75, 3.05) is 6.61 Å². The molecule has 0 amide bonds. The van der Waals surface area contributed by atoms with Crippen molar-refractivity contribution in [2.45, 2.75) is 12.5 Å². The molecule has 0 radical (unpaired) electrons. The smallest absolute Gasteiger partial charge is 0.123 e. The summed E-state index contributed by atoms with van der Waals surface area (Å²) in [5.41, 5.74) is 0.959. The lowest BCUT2D eigenvalue weighted by molar-refractivity contribution is 0.107. The third-order valence-electron chi connectivity index (χ3n) is 2.37. The van der Waals surface area contributed by atoms with Crippen LogP contribution in [0.2, 0.25) is 0 Å². The molecule has 2 rings (SSSR count). The summed E-state index contributed by atoms with van der Waals surface area (Å²) in [4.78, 5) is 3.01. The van der Waals surface area contributed by atoms with Gasteiger partial charge in [-0.3, -0.25) is 0 Å². The molecule has 1 unspecified atom stereocenters. The van der Waals surface area contributed by atoms with Crippen LogP contribution in [0.25, 0.3) is 0 Å². The third kappa shape index (κ3) is 3.60. The number of hydrogen-bond donors (Lipinski definition) is 2. The molecule has 2 aromatic rings. The van der Waals surface area contributed by atoms with Crippen molar-refractivity contribution >= 4 is 0 Å². The van der Waals surface area contributed by atoms with E-state index in [-0.39, 0.29) is 12.4 Å². The van der Waals surface area contributed by atoms with Crippen LogP contribution in [0.15, 0.2) is 42.6 Å². The summed E-state index contributed by atoms with van der Waals surface area (Å²) in [6.45, 7) is 0.185.